The van der Waals surface area contributed by atoms with Gasteiger partial charge in [-0.15, -0.1) is 0 Å². The lowest BCUT2D eigenvalue weighted by atomic mass is 9.94. The molecule has 0 aliphatic carbocycles. The van der Waals surface area contributed by atoms with Crippen molar-refractivity contribution in [1.82, 2.24) is 10.6 Å². The highest BCUT2D eigenvalue weighted by Gasteiger charge is 2.55. The van der Waals surface area contributed by atoms with Crippen LogP contribution in [0.15, 0.2) is 0 Å². The maximum atomic E-state index is 12.3. The second-order valence-electron chi connectivity index (χ2n) is 15.5. The van der Waals surface area contributed by atoms with Crippen molar-refractivity contribution >= 4 is 11.8 Å². The van der Waals surface area contributed by atoms with E-state index in [4.69, 9.17) is 42.6 Å². The first-order chi connectivity index (χ1) is 29.3. The molecule has 25 atom stereocenters. The minimum absolute atomic E-state index is 0.678. The van der Waals surface area contributed by atoms with E-state index >= 15 is 0 Å². The molecular formula is C34H58N2O26. The van der Waals surface area contributed by atoms with E-state index in [0.29, 0.717) is 0 Å². The van der Waals surface area contributed by atoms with Gasteiger partial charge in [0.2, 0.25) is 11.8 Å². The van der Waals surface area contributed by atoms with Crippen LogP contribution >= 0.6 is 0 Å². The third kappa shape index (κ3) is 11.0. The van der Waals surface area contributed by atoms with Gasteiger partial charge in [-0.3, -0.25) is 9.59 Å². The second kappa shape index (κ2) is 22.0. The molecule has 0 bridgehead atoms. The van der Waals surface area contributed by atoms with Crippen LogP contribution in [0.3, 0.4) is 0 Å². The summed E-state index contributed by atoms with van der Waals surface area (Å²) in [4.78, 5) is 24.0. The highest BCUT2D eigenvalue weighted by molar-refractivity contribution is 5.73. The Hall–Kier alpha value is -2.02. The largest absolute Gasteiger partial charge is 0.394 e. The topological polar surface area (TPSA) is 445 Å². The summed E-state index contributed by atoms with van der Waals surface area (Å²) in [7, 11) is 0. The third-order valence-corrected chi connectivity index (χ3v) is 11.1. The van der Waals surface area contributed by atoms with Gasteiger partial charge < -0.3 is 130 Å². The molecule has 5 saturated heterocycles. The van der Waals surface area contributed by atoms with Gasteiger partial charge in [0.25, 0.3) is 0 Å². The Morgan fingerprint density at radius 2 is 0.790 bits per heavy atom. The minimum Gasteiger partial charge on any atom is -0.394 e. The van der Waals surface area contributed by atoms with Crippen LogP contribution in [0, 0.1) is 0 Å². The molecule has 5 heterocycles. The molecule has 17 N–H and O–H groups in total. The Labute approximate surface area is 351 Å². The van der Waals surface area contributed by atoms with E-state index in [1.807, 2.05) is 0 Å². The van der Waals surface area contributed by atoms with Crippen LogP contribution in [0.4, 0.5) is 0 Å². The van der Waals surface area contributed by atoms with Gasteiger partial charge in [-0.05, 0) is 0 Å². The van der Waals surface area contributed by atoms with Crippen LogP contribution in [-0.2, 0) is 52.2 Å². The maximum absolute atomic E-state index is 12.3. The summed E-state index contributed by atoms with van der Waals surface area (Å²) in [5, 5.41) is 162. The van der Waals surface area contributed by atoms with E-state index in [1.165, 1.54) is 0 Å². The molecule has 28 nitrogen and oxygen atoms in total. The number of hydrogen-bond donors (Lipinski definition) is 17. The number of carbonyl (C=O) groups excluding carboxylic acids is 2. The molecule has 0 radical (unpaired) electrons. The van der Waals surface area contributed by atoms with E-state index in [9.17, 15) is 86.2 Å². The Bertz CT molecular complexity index is 1440. The summed E-state index contributed by atoms with van der Waals surface area (Å²) in [5.74, 6) is -1.45. The van der Waals surface area contributed by atoms with Crippen molar-refractivity contribution in [2.75, 3.05) is 33.0 Å². The van der Waals surface area contributed by atoms with E-state index in [2.05, 4.69) is 10.6 Å². The number of rotatable bonds is 15. The molecule has 62 heavy (non-hydrogen) atoms. The fraction of sp³-hybridized carbons (Fsp3) is 0.941. The van der Waals surface area contributed by atoms with E-state index in [1.54, 1.807) is 0 Å². The molecule has 5 aliphatic heterocycles. The lowest BCUT2D eigenvalue weighted by Crippen LogP contribution is -2.70. The highest BCUT2D eigenvalue weighted by atomic mass is 16.8. The van der Waals surface area contributed by atoms with Gasteiger partial charge in [-0.25, -0.2) is 0 Å². The number of aliphatic hydroxyl groups is 15. The Morgan fingerprint density at radius 1 is 0.419 bits per heavy atom. The molecule has 2 amide bonds. The summed E-state index contributed by atoms with van der Waals surface area (Å²) in [5.41, 5.74) is 0. The number of hydrogen-bond acceptors (Lipinski definition) is 26. The number of ether oxygens (including phenoxy) is 9. The Kier molecular flexibility index (Phi) is 18.1. The summed E-state index contributed by atoms with van der Waals surface area (Å²) >= 11 is 0. The third-order valence-electron chi connectivity index (χ3n) is 11.1. The summed E-state index contributed by atoms with van der Waals surface area (Å²) in [6.07, 6.45) is -41.1. The zero-order chi connectivity index (χ0) is 45.9. The van der Waals surface area contributed by atoms with E-state index in [0.717, 1.165) is 13.8 Å². The van der Waals surface area contributed by atoms with Crippen molar-refractivity contribution in [3.8, 4) is 0 Å². The minimum atomic E-state index is -2.07. The van der Waals surface area contributed by atoms with Gasteiger partial charge in [0.15, 0.2) is 31.5 Å². The highest BCUT2D eigenvalue weighted by Crippen LogP contribution is 2.34. The first kappa shape index (κ1) is 51.0. The predicted octanol–water partition coefficient (Wildman–Crippen LogP) is -11.6. The number of carbonyl (C=O) groups is 2. The molecule has 0 aromatic rings. The van der Waals surface area contributed by atoms with Gasteiger partial charge in [0, 0.05) is 13.8 Å². The number of nitrogens with one attached hydrogen (secondary N) is 2. The second-order valence-corrected chi connectivity index (χ2v) is 15.5. The fourth-order valence-electron chi connectivity index (χ4n) is 7.74. The van der Waals surface area contributed by atoms with Crippen molar-refractivity contribution in [2.24, 2.45) is 0 Å². The SMILES string of the molecule is CC(=O)N[C@@H]1[C@@H](O)[C@H](O[C@@H]2O[C@H](CO)[C@@H](O[C@@H]3O[C@H](CO[C@H]4O[C@H](CO)[C@@H](O[C@H]5O[C@H](CO)[C@@H](O)[C@H](O)[C@@H]5O)[C@H](O)[C@@H]4O)[C@@H](O)[C@H](O)[C@@H]3O)[C@H](O)[C@H]2NC(C)=O)[C@@H](CO)O[C@H]1O. The molecule has 5 aliphatic rings. The van der Waals surface area contributed by atoms with Crippen LogP contribution < -0.4 is 10.6 Å². The van der Waals surface area contributed by atoms with Crippen LogP contribution in [0.1, 0.15) is 13.8 Å². The summed E-state index contributed by atoms with van der Waals surface area (Å²) in [6, 6.07) is -3.11. The molecule has 0 aromatic carbocycles. The molecular weight excluding hydrogens is 852 g/mol. The van der Waals surface area contributed by atoms with Crippen molar-refractivity contribution in [3.05, 3.63) is 0 Å². The zero-order valence-electron chi connectivity index (χ0n) is 33.2. The van der Waals surface area contributed by atoms with Crippen LogP contribution in [0.2, 0.25) is 0 Å². The summed E-state index contributed by atoms with van der Waals surface area (Å²) < 4.78 is 50.3. The molecule has 360 valence electrons. The van der Waals surface area contributed by atoms with Crippen LogP contribution in [0.25, 0.3) is 0 Å². The lowest BCUT2D eigenvalue weighted by Gasteiger charge is -2.49. The van der Waals surface area contributed by atoms with Gasteiger partial charge in [-0.1, -0.05) is 0 Å². The molecule has 5 fully saturated rings. The molecule has 28 heteroatoms. The van der Waals surface area contributed by atoms with Gasteiger partial charge in [0.1, 0.15) is 122 Å². The normalized spacial score (nSPS) is 49.0. The standard InChI is InChI=1S/C34H58N2O26/c1-8(41)35-15-19(45)27(11(4-38)55-30(15)53)60-31-16(36-9(2)42)20(46)28(12(5-39)57-31)61-34-25(51)22(48)18(44)14(59-34)7-54-32-26(52)23(49)29(13(6-40)58-32)62-33-24(50)21(47)17(43)10(3-37)56-33/h10-34,37-40,43-53H,3-7H2,1-2H3,(H,35,41)(H,36,42)/t10-,11-,12-,13-,14-,15-,16-,17-,18-,19-,20-,21+,22+,23-,24+,25+,26+,27-,28-,29-,30-,31+,32+,33-,34+/m1/s1. The van der Waals surface area contributed by atoms with Gasteiger partial charge in [0.05, 0.1) is 33.0 Å². The van der Waals surface area contributed by atoms with E-state index < -0.39 is 198 Å². The van der Waals surface area contributed by atoms with Gasteiger partial charge >= 0.3 is 0 Å². The number of aliphatic hydroxyl groups excluding tert-OH is 15. The van der Waals surface area contributed by atoms with Crippen molar-refractivity contribution in [3.63, 3.8) is 0 Å². The van der Waals surface area contributed by atoms with Crippen molar-refractivity contribution in [2.45, 2.75) is 167 Å². The predicted molar refractivity (Wildman–Crippen MR) is 190 cm³/mol. The average molecular weight is 911 g/mol. The van der Waals surface area contributed by atoms with Gasteiger partial charge in [-0.2, -0.15) is 0 Å². The first-order valence-electron chi connectivity index (χ1n) is 19.6. The molecule has 0 aromatic heterocycles. The van der Waals surface area contributed by atoms with Crippen molar-refractivity contribution in [1.29, 1.82) is 0 Å². The molecule has 5 rings (SSSR count). The van der Waals surface area contributed by atoms with Crippen LogP contribution in [0.5, 0.6) is 0 Å². The van der Waals surface area contributed by atoms with E-state index in [-0.39, 0.29) is 0 Å². The maximum Gasteiger partial charge on any atom is 0.217 e. The quantitative estimate of drug-likeness (QED) is 0.0725. The first-order valence-corrected chi connectivity index (χ1v) is 19.6. The zero-order valence-corrected chi connectivity index (χ0v) is 33.2. The lowest BCUT2D eigenvalue weighted by molar-refractivity contribution is -0.372. The summed E-state index contributed by atoms with van der Waals surface area (Å²) in [6.45, 7) is -2.18. The Morgan fingerprint density at radius 3 is 1.29 bits per heavy atom. The van der Waals surface area contributed by atoms with Crippen LogP contribution in [-0.4, -0.2) is 275 Å². The average Bonchev–Trinajstić information content (AvgIpc) is 3.23. The smallest absolute Gasteiger partial charge is 0.217 e. The molecule has 0 spiro atoms. The Balaban J connectivity index is 1.26. The number of amides is 2. The molecule has 0 unspecified atom stereocenters. The molecule has 0 saturated carbocycles. The fourth-order valence-corrected chi connectivity index (χ4v) is 7.74. The van der Waals surface area contributed by atoms with Crippen molar-refractivity contribution < 1.29 is 129 Å². The monoisotopic (exact) mass is 910 g/mol.